The molecule has 1 aromatic rings. The zero-order chi connectivity index (χ0) is 10.8. The van der Waals surface area contributed by atoms with Crippen molar-refractivity contribution in [2.45, 2.75) is 13.0 Å². The Kier molecular flexibility index (Phi) is 3.10. The van der Waals surface area contributed by atoms with Gasteiger partial charge in [-0.25, -0.2) is 4.98 Å². The van der Waals surface area contributed by atoms with E-state index in [1.165, 1.54) is 11.3 Å². The van der Waals surface area contributed by atoms with Crippen molar-refractivity contribution in [1.82, 2.24) is 10.3 Å². The Bertz CT molecular complexity index is 397. The number of piperazine rings is 1. The maximum atomic E-state index is 8.79. The summed E-state index contributed by atoms with van der Waals surface area (Å²) in [6, 6.07) is 2.50. The van der Waals surface area contributed by atoms with Gasteiger partial charge in [0.25, 0.3) is 0 Å². The zero-order valence-corrected chi connectivity index (χ0v) is 9.90. The molecular formula is C9H11ClN4S. The van der Waals surface area contributed by atoms with E-state index in [1.807, 2.05) is 6.07 Å². The van der Waals surface area contributed by atoms with Crippen molar-refractivity contribution in [1.29, 1.82) is 5.26 Å². The van der Waals surface area contributed by atoms with Crippen molar-refractivity contribution in [3.63, 3.8) is 0 Å². The number of hydrogen-bond acceptors (Lipinski definition) is 5. The highest BCUT2D eigenvalue weighted by Crippen LogP contribution is 2.29. The predicted molar refractivity (Wildman–Crippen MR) is 61.5 cm³/mol. The van der Waals surface area contributed by atoms with Crippen LogP contribution >= 0.6 is 22.9 Å². The summed E-state index contributed by atoms with van der Waals surface area (Å²) in [7, 11) is 0. The third kappa shape index (κ3) is 2.23. The fourth-order valence-electron chi connectivity index (χ4n) is 1.60. The molecule has 2 heterocycles. The summed E-state index contributed by atoms with van der Waals surface area (Å²) in [5.74, 6) is 0. The number of rotatable bonds is 1. The first-order chi connectivity index (χ1) is 7.20. The smallest absolute Gasteiger partial charge is 0.188 e. The van der Waals surface area contributed by atoms with Gasteiger partial charge in [-0.15, -0.1) is 0 Å². The Hall–Kier alpha value is -0.830. The number of anilines is 1. The molecule has 1 aliphatic heterocycles. The summed E-state index contributed by atoms with van der Waals surface area (Å²) in [5, 5.41) is 13.3. The van der Waals surface area contributed by atoms with Gasteiger partial charge in [-0.1, -0.05) is 22.9 Å². The Morgan fingerprint density at radius 3 is 3.13 bits per heavy atom. The van der Waals surface area contributed by atoms with Gasteiger partial charge in [0.1, 0.15) is 10.9 Å². The van der Waals surface area contributed by atoms with Gasteiger partial charge in [0, 0.05) is 25.7 Å². The van der Waals surface area contributed by atoms with E-state index in [-0.39, 0.29) is 0 Å². The highest BCUT2D eigenvalue weighted by molar-refractivity contribution is 7.16. The van der Waals surface area contributed by atoms with E-state index in [4.69, 9.17) is 16.9 Å². The molecular weight excluding hydrogens is 232 g/mol. The Morgan fingerprint density at radius 2 is 2.53 bits per heavy atom. The zero-order valence-electron chi connectivity index (χ0n) is 8.33. The molecule has 1 aliphatic rings. The monoisotopic (exact) mass is 242 g/mol. The second kappa shape index (κ2) is 4.35. The van der Waals surface area contributed by atoms with Crippen LogP contribution < -0.4 is 10.2 Å². The fourth-order valence-corrected chi connectivity index (χ4v) is 2.68. The molecule has 0 unspecified atom stereocenters. The predicted octanol–water partition coefficient (Wildman–Crippen LogP) is 1.47. The summed E-state index contributed by atoms with van der Waals surface area (Å²) in [5.41, 5.74) is 0. The Balaban J connectivity index is 2.18. The lowest BCUT2D eigenvalue weighted by Gasteiger charge is -2.31. The minimum absolute atomic E-state index is 0.323. The quantitative estimate of drug-likeness (QED) is 0.810. The summed E-state index contributed by atoms with van der Waals surface area (Å²) in [6.45, 7) is 4.90. The Morgan fingerprint density at radius 1 is 1.73 bits per heavy atom. The number of nitriles is 1. The first-order valence-electron chi connectivity index (χ1n) is 4.75. The van der Waals surface area contributed by atoms with Crippen LogP contribution in [0.5, 0.6) is 0 Å². The van der Waals surface area contributed by atoms with Crippen LogP contribution in [-0.2, 0) is 0 Å². The Labute approximate surface area is 97.5 Å². The van der Waals surface area contributed by atoms with E-state index in [2.05, 4.69) is 22.1 Å². The van der Waals surface area contributed by atoms with E-state index in [0.717, 1.165) is 24.8 Å². The number of nitrogens with one attached hydrogen (secondary N) is 1. The molecule has 6 heteroatoms. The number of thiazole rings is 1. The minimum atomic E-state index is 0.323. The van der Waals surface area contributed by atoms with Gasteiger partial charge in [-0.3, -0.25) is 0 Å². The van der Waals surface area contributed by atoms with Crippen LogP contribution in [0.3, 0.4) is 0 Å². The number of halogens is 1. The summed E-state index contributed by atoms with van der Waals surface area (Å²) < 4.78 is 0. The van der Waals surface area contributed by atoms with Crippen LogP contribution in [0.25, 0.3) is 0 Å². The first-order valence-corrected chi connectivity index (χ1v) is 5.95. The van der Waals surface area contributed by atoms with Gasteiger partial charge in [0.15, 0.2) is 10.3 Å². The molecule has 0 spiro atoms. The van der Waals surface area contributed by atoms with Crippen LogP contribution in [0.4, 0.5) is 5.13 Å². The molecule has 0 radical (unpaired) electrons. The molecule has 80 valence electrons. The van der Waals surface area contributed by atoms with Crippen molar-refractivity contribution in [2.24, 2.45) is 0 Å². The molecule has 4 nitrogen and oxygen atoms in total. The number of aromatic nitrogens is 1. The third-order valence-electron chi connectivity index (χ3n) is 2.32. The number of nitrogens with zero attached hydrogens (tertiary/aromatic N) is 3. The van der Waals surface area contributed by atoms with Crippen molar-refractivity contribution < 1.29 is 0 Å². The molecule has 0 bridgehead atoms. The van der Waals surface area contributed by atoms with Crippen LogP contribution in [-0.4, -0.2) is 30.7 Å². The molecule has 1 atom stereocenters. The molecule has 1 N–H and O–H groups in total. The summed E-state index contributed by atoms with van der Waals surface area (Å²) in [6.07, 6.45) is 0. The number of hydrogen-bond donors (Lipinski definition) is 1. The maximum absolute atomic E-state index is 8.79. The van der Waals surface area contributed by atoms with Crippen LogP contribution in [0.1, 0.15) is 11.8 Å². The van der Waals surface area contributed by atoms with E-state index >= 15 is 0 Å². The highest BCUT2D eigenvalue weighted by atomic mass is 35.5. The lowest BCUT2D eigenvalue weighted by atomic mass is 10.2. The molecule has 0 amide bonds. The van der Waals surface area contributed by atoms with Gasteiger partial charge in [0.2, 0.25) is 0 Å². The maximum Gasteiger partial charge on any atom is 0.188 e. The lowest BCUT2D eigenvalue weighted by molar-refractivity contribution is 0.484. The van der Waals surface area contributed by atoms with Crippen molar-refractivity contribution in [3.8, 4) is 6.07 Å². The first kappa shape index (κ1) is 10.7. The standard InChI is InChI=1S/C9H11ClN4S/c1-6-5-14(3-2-12-6)9-13-8(10)7(4-11)15-9/h6,12H,2-3,5H2,1H3/t6-/m0/s1. The highest BCUT2D eigenvalue weighted by Gasteiger charge is 2.20. The average Bonchev–Trinajstić information content (AvgIpc) is 2.60. The lowest BCUT2D eigenvalue weighted by Crippen LogP contribution is -2.49. The van der Waals surface area contributed by atoms with Crippen molar-refractivity contribution >= 4 is 28.1 Å². The molecule has 1 saturated heterocycles. The minimum Gasteiger partial charge on any atom is -0.345 e. The van der Waals surface area contributed by atoms with Gasteiger partial charge < -0.3 is 10.2 Å². The molecule has 0 aromatic carbocycles. The SMILES string of the molecule is C[C@H]1CN(c2nc(Cl)c(C#N)s2)CCN1. The molecule has 0 aliphatic carbocycles. The van der Waals surface area contributed by atoms with E-state index < -0.39 is 0 Å². The molecule has 2 rings (SSSR count). The normalized spacial score (nSPS) is 21.4. The topological polar surface area (TPSA) is 52.0 Å². The largest absolute Gasteiger partial charge is 0.345 e. The molecule has 0 saturated carbocycles. The third-order valence-corrected chi connectivity index (χ3v) is 3.72. The van der Waals surface area contributed by atoms with Gasteiger partial charge >= 0.3 is 0 Å². The molecule has 1 fully saturated rings. The van der Waals surface area contributed by atoms with Gasteiger partial charge in [-0.2, -0.15) is 5.26 Å². The van der Waals surface area contributed by atoms with Gasteiger partial charge in [-0.05, 0) is 6.92 Å². The molecule has 15 heavy (non-hydrogen) atoms. The average molecular weight is 243 g/mol. The van der Waals surface area contributed by atoms with Crippen molar-refractivity contribution in [2.75, 3.05) is 24.5 Å². The van der Waals surface area contributed by atoms with Crippen LogP contribution in [0.2, 0.25) is 5.15 Å². The summed E-state index contributed by atoms with van der Waals surface area (Å²) >= 11 is 7.20. The fraction of sp³-hybridized carbons (Fsp3) is 0.556. The summed E-state index contributed by atoms with van der Waals surface area (Å²) in [4.78, 5) is 6.86. The second-order valence-corrected chi connectivity index (χ2v) is 4.86. The van der Waals surface area contributed by atoms with E-state index in [1.54, 1.807) is 0 Å². The van der Waals surface area contributed by atoms with Crippen molar-refractivity contribution in [3.05, 3.63) is 10.0 Å². The molecule has 1 aromatic heterocycles. The van der Waals surface area contributed by atoms with E-state index in [9.17, 15) is 0 Å². The second-order valence-electron chi connectivity index (χ2n) is 3.53. The van der Waals surface area contributed by atoms with Crippen LogP contribution in [0, 0.1) is 11.3 Å². The van der Waals surface area contributed by atoms with Gasteiger partial charge in [0.05, 0.1) is 0 Å². The van der Waals surface area contributed by atoms with E-state index in [0.29, 0.717) is 16.1 Å². The van der Waals surface area contributed by atoms with Crippen LogP contribution in [0.15, 0.2) is 0 Å².